The molecular formula is C11H15N3O3S. The number of nitrogens with zero attached hydrogens (tertiary/aromatic N) is 2. The second-order valence-electron chi connectivity index (χ2n) is 3.67. The highest BCUT2D eigenvalue weighted by molar-refractivity contribution is 7.89. The summed E-state index contributed by atoms with van der Waals surface area (Å²) in [4.78, 5) is 3.77. The van der Waals surface area contributed by atoms with E-state index < -0.39 is 10.0 Å². The second kappa shape index (κ2) is 6.44. The summed E-state index contributed by atoms with van der Waals surface area (Å²) in [5.41, 5.74) is 0.179. The SMILES string of the molecule is CCC(COC)NS(=O)(=O)c1ccc(C#N)nc1. The summed E-state index contributed by atoms with van der Waals surface area (Å²) < 4.78 is 31.4. The number of methoxy groups -OCH3 is 1. The van der Waals surface area contributed by atoms with Gasteiger partial charge in [0.05, 0.1) is 6.61 Å². The molecular weight excluding hydrogens is 254 g/mol. The second-order valence-corrected chi connectivity index (χ2v) is 5.39. The van der Waals surface area contributed by atoms with Gasteiger partial charge in [0.2, 0.25) is 10.0 Å². The number of ether oxygens (including phenoxy) is 1. The van der Waals surface area contributed by atoms with Crippen LogP contribution in [0.3, 0.4) is 0 Å². The smallest absolute Gasteiger partial charge is 0.242 e. The van der Waals surface area contributed by atoms with E-state index in [0.29, 0.717) is 13.0 Å². The maximum atomic E-state index is 12.0. The molecule has 0 amide bonds. The Balaban J connectivity index is 2.88. The minimum absolute atomic E-state index is 0.0380. The van der Waals surface area contributed by atoms with E-state index in [4.69, 9.17) is 10.00 Å². The van der Waals surface area contributed by atoms with Gasteiger partial charge in [0, 0.05) is 19.3 Å². The van der Waals surface area contributed by atoms with E-state index >= 15 is 0 Å². The molecule has 0 saturated carbocycles. The molecule has 1 unspecified atom stereocenters. The standard InChI is InChI=1S/C11H15N3O3S/c1-3-9(8-17-2)14-18(15,16)11-5-4-10(6-12)13-7-11/h4-5,7,9,14H,3,8H2,1-2H3. The van der Waals surface area contributed by atoms with E-state index in [1.54, 1.807) is 0 Å². The van der Waals surface area contributed by atoms with E-state index in [0.717, 1.165) is 0 Å². The first-order chi connectivity index (χ1) is 8.53. The lowest BCUT2D eigenvalue weighted by atomic mass is 10.3. The highest BCUT2D eigenvalue weighted by Crippen LogP contribution is 2.09. The van der Waals surface area contributed by atoms with Crippen LogP contribution in [0.4, 0.5) is 0 Å². The third kappa shape index (κ3) is 3.77. The van der Waals surface area contributed by atoms with Crippen LogP contribution in [0.15, 0.2) is 23.2 Å². The van der Waals surface area contributed by atoms with Crippen LogP contribution in [-0.4, -0.2) is 33.2 Å². The fourth-order valence-corrected chi connectivity index (χ4v) is 2.58. The third-order valence-electron chi connectivity index (χ3n) is 2.34. The Morgan fingerprint density at radius 2 is 2.28 bits per heavy atom. The van der Waals surface area contributed by atoms with Crippen LogP contribution in [-0.2, 0) is 14.8 Å². The van der Waals surface area contributed by atoms with Crippen molar-refractivity contribution >= 4 is 10.0 Å². The van der Waals surface area contributed by atoms with Crippen LogP contribution in [0.25, 0.3) is 0 Å². The van der Waals surface area contributed by atoms with Crippen molar-refractivity contribution in [3.63, 3.8) is 0 Å². The van der Waals surface area contributed by atoms with Gasteiger partial charge in [-0.05, 0) is 18.6 Å². The molecule has 0 aliphatic carbocycles. The molecule has 18 heavy (non-hydrogen) atoms. The molecule has 0 bridgehead atoms. The summed E-state index contributed by atoms with van der Waals surface area (Å²) >= 11 is 0. The molecule has 1 aromatic heterocycles. The lowest BCUT2D eigenvalue weighted by molar-refractivity contribution is 0.173. The lowest BCUT2D eigenvalue weighted by Gasteiger charge is -2.15. The van der Waals surface area contributed by atoms with Gasteiger partial charge in [0.15, 0.2) is 0 Å². The van der Waals surface area contributed by atoms with Gasteiger partial charge in [-0.1, -0.05) is 6.92 Å². The third-order valence-corrected chi connectivity index (χ3v) is 3.85. The van der Waals surface area contributed by atoms with Gasteiger partial charge in [-0.15, -0.1) is 0 Å². The van der Waals surface area contributed by atoms with Crippen molar-refractivity contribution in [3.05, 3.63) is 24.0 Å². The highest BCUT2D eigenvalue weighted by atomic mass is 32.2. The van der Waals surface area contributed by atoms with Gasteiger partial charge in [-0.2, -0.15) is 5.26 Å². The van der Waals surface area contributed by atoms with E-state index in [-0.39, 0.29) is 16.6 Å². The summed E-state index contributed by atoms with van der Waals surface area (Å²) in [7, 11) is -2.11. The van der Waals surface area contributed by atoms with Gasteiger partial charge >= 0.3 is 0 Å². The van der Waals surface area contributed by atoms with Crippen molar-refractivity contribution in [2.45, 2.75) is 24.3 Å². The largest absolute Gasteiger partial charge is 0.383 e. The average Bonchev–Trinajstić information content (AvgIpc) is 2.38. The molecule has 0 aliphatic heterocycles. The number of aromatic nitrogens is 1. The zero-order valence-electron chi connectivity index (χ0n) is 10.3. The zero-order chi connectivity index (χ0) is 13.6. The predicted octanol–water partition coefficient (Wildman–Crippen LogP) is 0.657. The van der Waals surface area contributed by atoms with E-state index in [1.807, 2.05) is 13.0 Å². The first kappa shape index (κ1) is 14.6. The first-order valence-corrected chi connectivity index (χ1v) is 6.89. The highest BCUT2D eigenvalue weighted by Gasteiger charge is 2.19. The quantitative estimate of drug-likeness (QED) is 0.818. The van der Waals surface area contributed by atoms with Crippen molar-refractivity contribution in [2.75, 3.05) is 13.7 Å². The Bertz CT molecular complexity index is 519. The Hall–Kier alpha value is -1.49. The topological polar surface area (TPSA) is 92.1 Å². The molecule has 0 aliphatic rings. The van der Waals surface area contributed by atoms with Gasteiger partial charge in [-0.25, -0.2) is 18.1 Å². The number of rotatable bonds is 6. The Morgan fingerprint density at radius 3 is 2.72 bits per heavy atom. The molecule has 6 nitrogen and oxygen atoms in total. The van der Waals surface area contributed by atoms with Crippen molar-refractivity contribution in [1.82, 2.24) is 9.71 Å². The number of nitrogens with one attached hydrogen (secondary N) is 1. The summed E-state index contributed by atoms with van der Waals surface area (Å²) in [6.07, 6.45) is 1.79. The summed E-state index contributed by atoms with van der Waals surface area (Å²) in [5.74, 6) is 0. The molecule has 1 N–H and O–H groups in total. The average molecular weight is 269 g/mol. The van der Waals surface area contributed by atoms with E-state index in [9.17, 15) is 8.42 Å². The normalized spacial score (nSPS) is 12.9. The molecule has 7 heteroatoms. The molecule has 1 heterocycles. The number of nitriles is 1. The molecule has 0 saturated heterocycles. The Labute approximate surface area is 107 Å². The summed E-state index contributed by atoms with van der Waals surface area (Å²) in [5, 5.41) is 8.59. The van der Waals surface area contributed by atoms with Crippen molar-refractivity contribution in [2.24, 2.45) is 0 Å². The summed E-state index contributed by atoms with van der Waals surface area (Å²) in [6, 6.07) is 4.27. The number of sulfonamides is 1. The summed E-state index contributed by atoms with van der Waals surface area (Å²) in [6.45, 7) is 2.17. The maximum absolute atomic E-state index is 12.0. The van der Waals surface area contributed by atoms with Crippen molar-refractivity contribution < 1.29 is 13.2 Å². The number of hydrogen-bond donors (Lipinski definition) is 1. The molecule has 0 fully saturated rings. The Kier molecular flexibility index (Phi) is 5.22. The predicted molar refractivity (Wildman–Crippen MR) is 65.2 cm³/mol. The van der Waals surface area contributed by atoms with Crippen LogP contribution in [0.2, 0.25) is 0 Å². The molecule has 0 aromatic carbocycles. The van der Waals surface area contributed by atoms with E-state index in [2.05, 4.69) is 9.71 Å². The molecule has 0 radical (unpaired) electrons. The van der Waals surface area contributed by atoms with Crippen molar-refractivity contribution in [3.8, 4) is 6.07 Å². The number of hydrogen-bond acceptors (Lipinski definition) is 5. The van der Waals surface area contributed by atoms with Crippen LogP contribution >= 0.6 is 0 Å². The van der Waals surface area contributed by atoms with Gasteiger partial charge < -0.3 is 4.74 Å². The minimum atomic E-state index is -3.62. The fraction of sp³-hybridized carbons (Fsp3) is 0.455. The van der Waals surface area contributed by atoms with Gasteiger partial charge in [0.25, 0.3) is 0 Å². The van der Waals surface area contributed by atoms with Crippen LogP contribution < -0.4 is 4.72 Å². The molecule has 1 aromatic rings. The molecule has 0 spiro atoms. The van der Waals surface area contributed by atoms with E-state index in [1.165, 1.54) is 25.4 Å². The van der Waals surface area contributed by atoms with Gasteiger partial charge in [0.1, 0.15) is 16.7 Å². The molecule has 1 atom stereocenters. The van der Waals surface area contributed by atoms with Crippen LogP contribution in [0.5, 0.6) is 0 Å². The monoisotopic (exact) mass is 269 g/mol. The van der Waals surface area contributed by atoms with Crippen LogP contribution in [0, 0.1) is 11.3 Å². The zero-order valence-corrected chi connectivity index (χ0v) is 11.1. The first-order valence-electron chi connectivity index (χ1n) is 5.41. The minimum Gasteiger partial charge on any atom is -0.383 e. The molecule has 98 valence electrons. The fourth-order valence-electron chi connectivity index (χ4n) is 1.33. The van der Waals surface area contributed by atoms with Crippen molar-refractivity contribution in [1.29, 1.82) is 5.26 Å². The lowest BCUT2D eigenvalue weighted by Crippen LogP contribution is -2.37. The number of pyridine rings is 1. The Morgan fingerprint density at radius 1 is 1.56 bits per heavy atom. The maximum Gasteiger partial charge on any atom is 0.242 e. The van der Waals surface area contributed by atoms with Crippen LogP contribution in [0.1, 0.15) is 19.0 Å². The molecule has 1 rings (SSSR count). The van der Waals surface area contributed by atoms with Gasteiger partial charge in [-0.3, -0.25) is 0 Å².